The number of para-hydroxylation sites is 3. The SMILES string of the molecule is Clc1[nH]c2ccccc2c1N(c1ccccc1)c1[nH]c2ccccc2c1Cl. The zero-order valence-corrected chi connectivity index (χ0v) is 15.7. The van der Waals surface area contributed by atoms with Gasteiger partial charge in [-0.1, -0.05) is 77.8 Å². The van der Waals surface area contributed by atoms with Crippen LogP contribution in [0.15, 0.2) is 78.9 Å². The maximum atomic E-state index is 6.80. The van der Waals surface area contributed by atoms with E-state index in [0.29, 0.717) is 10.2 Å². The summed E-state index contributed by atoms with van der Waals surface area (Å²) in [7, 11) is 0. The molecule has 0 bridgehead atoms. The second-order valence-electron chi connectivity index (χ2n) is 6.34. The summed E-state index contributed by atoms with van der Waals surface area (Å²) >= 11 is 13.5. The fourth-order valence-electron chi connectivity index (χ4n) is 3.51. The van der Waals surface area contributed by atoms with Crippen molar-refractivity contribution in [2.45, 2.75) is 0 Å². The highest BCUT2D eigenvalue weighted by atomic mass is 35.5. The Labute approximate surface area is 166 Å². The predicted octanol–water partition coefficient (Wildman–Crippen LogP) is 7.43. The van der Waals surface area contributed by atoms with Gasteiger partial charge in [-0.25, -0.2) is 0 Å². The molecule has 0 radical (unpaired) electrons. The van der Waals surface area contributed by atoms with E-state index in [4.69, 9.17) is 23.2 Å². The standard InChI is InChI=1S/C22H15Cl2N3/c23-19-15-10-4-6-12-17(15)26-22(19)27(14-8-2-1-3-9-14)20-16-11-5-7-13-18(16)25-21(20)24/h1-13,25-26H. The van der Waals surface area contributed by atoms with Gasteiger partial charge in [-0.2, -0.15) is 0 Å². The van der Waals surface area contributed by atoms with Gasteiger partial charge in [-0.15, -0.1) is 0 Å². The maximum absolute atomic E-state index is 6.80. The summed E-state index contributed by atoms with van der Waals surface area (Å²) in [6.45, 7) is 0. The van der Waals surface area contributed by atoms with E-state index in [1.807, 2.05) is 72.8 Å². The Bertz CT molecular complexity index is 1250. The molecule has 0 fully saturated rings. The van der Waals surface area contributed by atoms with Crippen LogP contribution in [0.1, 0.15) is 0 Å². The summed E-state index contributed by atoms with van der Waals surface area (Å²) < 4.78 is 0. The number of H-pyrrole nitrogens is 2. The molecule has 0 aliphatic carbocycles. The van der Waals surface area contributed by atoms with E-state index in [1.165, 1.54) is 0 Å². The van der Waals surface area contributed by atoms with E-state index in [0.717, 1.165) is 39.0 Å². The van der Waals surface area contributed by atoms with Crippen LogP contribution in [0.4, 0.5) is 17.2 Å². The molecule has 132 valence electrons. The van der Waals surface area contributed by atoms with Crippen LogP contribution in [0.3, 0.4) is 0 Å². The lowest BCUT2D eigenvalue weighted by Crippen LogP contribution is -2.10. The lowest BCUT2D eigenvalue weighted by molar-refractivity contribution is 1.23. The van der Waals surface area contributed by atoms with Crippen molar-refractivity contribution in [3.63, 3.8) is 0 Å². The van der Waals surface area contributed by atoms with E-state index in [2.05, 4.69) is 20.9 Å². The quantitative estimate of drug-likeness (QED) is 0.329. The number of rotatable bonds is 3. The van der Waals surface area contributed by atoms with Gasteiger partial charge in [0.2, 0.25) is 0 Å². The molecule has 0 aliphatic heterocycles. The molecule has 0 atom stereocenters. The number of anilines is 3. The Hall–Kier alpha value is -2.88. The average Bonchev–Trinajstić information content (AvgIpc) is 3.21. The van der Waals surface area contributed by atoms with Gasteiger partial charge in [0.05, 0.1) is 10.7 Å². The minimum atomic E-state index is 0.565. The Morgan fingerprint density at radius 1 is 0.630 bits per heavy atom. The van der Waals surface area contributed by atoms with Gasteiger partial charge in [-0.05, 0) is 24.3 Å². The van der Waals surface area contributed by atoms with Gasteiger partial charge in [0.15, 0.2) is 0 Å². The molecule has 2 heterocycles. The third kappa shape index (κ3) is 2.59. The lowest BCUT2D eigenvalue weighted by Gasteiger charge is -2.24. The van der Waals surface area contributed by atoms with Crippen molar-refractivity contribution in [2.75, 3.05) is 4.90 Å². The predicted molar refractivity (Wildman–Crippen MR) is 115 cm³/mol. The van der Waals surface area contributed by atoms with Gasteiger partial charge < -0.3 is 9.97 Å². The van der Waals surface area contributed by atoms with E-state index < -0.39 is 0 Å². The molecule has 5 rings (SSSR count). The Kier molecular flexibility index (Phi) is 3.85. The highest BCUT2D eigenvalue weighted by Gasteiger charge is 2.24. The van der Waals surface area contributed by atoms with Crippen LogP contribution >= 0.6 is 23.2 Å². The molecule has 0 unspecified atom stereocenters. The highest BCUT2D eigenvalue weighted by molar-refractivity contribution is 6.39. The van der Waals surface area contributed by atoms with Crippen molar-refractivity contribution >= 4 is 62.2 Å². The molecule has 0 amide bonds. The van der Waals surface area contributed by atoms with Gasteiger partial charge in [0.1, 0.15) is 11.0 Å². The number of aromatic amines is 2. The minimum Gasteiger partial charge on any atom is -0.344 e. The molecule has 2 aromatic heterocycles. The van der Waals surface area contributed by atoms with Gasteiger partial charge in [0, 0.05) is 27.5 Å². The number of aromatic nitrogens is 2. The van der Waals surface area contributed by atoms with Gasteiger partial charge in [0.25, 0.3) is 0 Å². The molecule has 0 aliphatic rings. The maximum Gasteiger partial charge on any atom is 0.135 e. The first kappa shape index (κ1) is 16.3. The van der Waals surface area contributed by atoms with Crippen LogP contribution in [0.5, 0.6) is 0 Å². The molecular weight excluding hydrogens is 377 g/mol. The summed E-state index contributed by atoms with van der Waals surface area (Å²) in [5.41, 5.74) is 3.80. The first-order valence-electron chi connectivity index (χ1n) is 8.61. The molecule has 0 spiro atoms. The largest absolute Gasteiger partial charge is 0.344 e. The lowest BCUT2D eigenvalue weighted by atomic mass is 10.2. The third-order valence-corrected chi connectivity index (χ3v) is 5.38. The highest BCUT2D eigenvalue weighted by Crippen LogP contribution is 2.46. The van der Waals surface area contributed by atoms with Crippen molar-refractivity contribution in [3.8, 4) is 0 Å². The van der Waals surface area contributed by atoms with Crippen molar-refractivity contribution in [1.29, 1.82) is 0 Å². The Morgan fingerprint density at radius 3 is 1.93 bits per heavy atom. The molecule has 5 heteroatoms. The van der Waals surface area contributed by atoms with E-state index in [1.54, 1.807) is 0 Å². The number of nitrogens with one attached hydrogen (secondary N) is 2. The first-order valence-corrected chi connectivity index (χ1v) is 9.37. The summed E-state index contributed by atoms with van der Waals surface area (Å²) in [5.74, 6) is 0.788. The molecule has 3 aromatic carbocycles. The zero-order valence-electron chi connectivity index (χ0n) is 14.2. The number of benzene rings is 3. The normalized spacial score (nSPS) is 11.3. The molecular formula is C22H15Cl2N3. The topological polar surface area (TPSA) is 34.8 Å². The minimum absolute atomic E-state index is 0.565. The van der Waals surface area contributed by atoms with Crippen LogP contribution in [0, 0.1) is 0 Å². The third-order valence-electron chi connectivity index (χ3n) is 4.72. The van der Waals surface area contributed by atoms with Crippen LogP contribution in [0.25, 0.3) is 21.8 Å². The molecule has 0 saturated heterocycles. The van der Waals surface area contributed by atoms with Crippen molar-refractivity contribution in [2.24, 2.45) is 0 Å². The number of hydrogen-bond acceptors (Lipinski definition) is 1. The summed E-state index contributed by atoms with van der Waals surface area (Å²) in [4.78, 5) is 8.80. The second-order valence-corrected chi connectivity index (χ2v) is 7.09. The first-order chi connectivity index (χ1) is 13.2. The molecule has 3 nitrogen and oxygen atoms in total. The number of nitrogens with zero attached hydrogens (tertiary/aromatic N) is 1. The smallest absolute Gasteiger partial charge is 0.135 e. The van der Waals surface area contributed by atoms with E-state index >= 15 is 0 Å². The van der Waals surface area contributed by atoms with Crippen LogP contribution < -0.4 is 4.90 Å². The number of fused-ring (bicyclic) bond motifs is 2. The van der Waals surface area contributed by atoms with Gasteiger partial charge >= 0.3 is 0 Å². The molecule has 2 N–H and O–H groups in total. The Morgan fingerprint density at radius 2 is 1.22 bits per heavy atom. The van der Waals surface area contributed by atoms with Gasteiger partial charge in [-0.3, -0.25) is 4.90 Å². The van der Waals surface area contributed by atoms with E-state index in [9.17, 15) is 0 Å². The van der Waals surface area contributed by atoms with Crippen LogP contribution in [0.2, 0.25) is 10.2 Å². The monoisotopic (exact) mass is 391 g/mol. The van der Waals surface area contributed by atoms with Crippen molar-refractivity contribution < 1.29 is 0 Å². The molecule has 27 heavy (non-hydrogen) atoms. The average molecular weight is 392 g/mol. The number of hydrogen-bond donors (Lipinski definition) is 2. The van der Waals surface area contributed by atoms with Crippen molar-refractivity contribution in [3.05, 3.63) is 89.0 Å². The number of halogens is 2. The summed E-state index contributed by atoms with van der Waals surface area (Å²) in [6, 6.07) is 26.1. The summed E-state index contributed by atoms with van der Waals surface area (Å²) in [6.07, 6.45) is 0. The molecule has 0 saturated carbocycles. The van der Waals surface area contributed by atoms with Crippen LogP contribution in [-0.4, -0.2) is 9.97 Å². The fraction of sp³-hybridized carbons (Fsp3) is 0. The molecule has 5 aromatic rings. The van der Waals surface area contributed by atoms with Crippen molar-refractivity contribution in [1.82, 2.24) is 9.97 Å². The fourth-order valence-corrected chi connectivity index (χ4v) is 4.09. The zero-order chi connectivity index (χ0) is 18.4. The second kappa shape index (κ2) is 6.38. The van der Waals surface area contributed by atoms with Crippen LogP contribution in [-0.2, 0) is 0 Å². The Balaban J connectivity index is 1.84. The van der Waals surface area contributed by atoms with E-state index in [-0.39, 0.29) is 0 Å². The summed E-state index contributed by atoms with van der Waals surface area (Å²) in [5, 5.41) is 3.23.